The Hall–Kier alpha value is -2.29. The highest BCUT2D eigenvalue weighted by Crippen LogP contribution is 2.69. The molecule has 7 nitrogen and oxygen atoms in total. The van der Waals surface area contributed by atoms with E-state index in [1.165, 1.54) is 0 Å². The van der Waals surface area contributed by atoms with Gasteiger partial charge in [0.05, 0.1) is 33.9 Å². The van der Waals surface area contributed by atoms with Crippen LogP contribution in [-0.2, 0) is 19.1 Å². The van der Waals surface area contributed by atoms with Crippen molar-refractivity contribution in [2.75, 3.05) is 31.2 Å². The van der Waals surface area contributed by atoms with Crippen molar-refractivity contribution in [2.45, 2.75) is 62.0 Å². The van der Waals surface area contributed by atoms with Crippen LogP contribution in [-0.4, -0.2) is 70.1 Å². The number of hydrogen-bond acceptors (Lipinski definition) is 6. The zero-order chi connectivity index (χ0) is 28.3. The monoisotopic (exact) mass is 574 g/mol. The number of nitrogens with zero attached hydrogens (tertiary/aromatic N) is 2. The average molecular weight is 575 g/mol. The van der Waals surface area contributed by atoms with E-state index >= 15 is 0 Å². The zero-order valence-electron chi connectivity index (χ0n) is 22.8. The van der Waals surface area contributed by atoms with E-state index in [1.807, 2.05) is 19.1 Å². The molecule has 3 heterocycles. The van der Waals surface area contributed by atoms with Crippen molar-refractivity contribution in [1.29, 1.82) is 0 Å². The molecule has 3 saturated heterocycles. The van der Waals surface area contributed by atoms with Crippen LogP contribution in [0.1, 0.15) is 44.6 Å². The third-order valence-corrected chi connectivity index (χ3v) is 10.8. The lowest BCUT2D eigenvalue weighted by Gasteiger charge is -2.40. The Balaban J connectivity index is 1.75. The fourth-order valence-electron chi connectivity index (χ4n) is 6.73. The Kier molecular flexibility index (Phi) is 9.50. The van der Waals surface area contributed by atoms with Crippen molar-refractivity contribution in [3.05, 3.63) is 54.1 Å². The lowest BCUT2D eigenvalue weighted by Crippen LogP contribution is -2.57. The van der Waals surface area contributed by atoms with Crippen molar-refractivity contribution >= 4 is 46.8 Å². The number of esters is 1. The van der Waals surface area contributed by atoms with Gasteiger partial charge in [0, 0.05) is 24.9 Å². The first kappa shape index (κ1) is 29.7. The number of likely N-dealkylation sites (tertiary alicyclic amines) is 1. The molecule has 1 aromatic carbocycles. The number of aliphatic hydroxyl groups excluding tert-OH is 1. The van der Waals surface area contributed by atoms with Crippen LogP contribution in [0.2, 0.25) is 5.02 Å². The minimum atomic E-state index is -0.770. The second-order valence-corrected chi connectivity index (χ2v) is 12.7. The first-order valence-corrected chi connectivity index (χ1v) is 15.0. The molecule has 6 atom stereocenters. The summed E-state index contributed by atoms with van der Waals surface area (Å²) in [6.45, 7) is 12.4. The summed E-state index contributed by atoms with van der Waals surface area (Å²) >= 11 is 8.25. The molecule has 0 aromatic heterocycles. The molecule has 1 N–H and O–H groups in total. The van der Waals surface area contributed by atoms with Gasteiger partial charge in [0.2, 0.25) is 5.91 Å². The molecule has 2 bridgehead atoms. The highest BCUT2D eigenvalue weighted by Gasteiger charge is 2.76. The number of unbranched alkanes of at least 4 members (excludes halogenated alkanes) is 2. The summed E-state index contributed by atoms with van der Waals surface area (Å²) in [6, 6.07) is 4.73. The van der Waals surface area contributed by atoms with Gasteiger partial charge in [-0.05, 0) is 56.6 Å². The minimum Gasteiger partial charge on any atom is -0.465 e. The Morgan fingerprint density at radius 1 is 1.28 bits per heavy atom. The summed E-state index contributed by atoms with van der Waals surface area (Å²) in [4.78, 5) is 45.5. The van der Waals surface area contributed by atoms with E-state index in [1.54, 1.807) is 39.8 Å². The molecule has 0 saturated carbocycles. The van der Waals surface area contributed by atoms with Crippen molar-refractivity contribution < 1.29 is 24.2 Å². The smallest absolute Gasteiger partial charge is 0.310 e. The fraction of sp³-hybridized carbons (Fsp3) is 0.567. The molecule has 0 radical (unpaired) electrons. The Morgan fingerprint density at radius 2 is 2.05 bits per heavy atom. The third-order valence-electron chi connectivity index (χ3n) is 8.39. The van der Waals surface area contributed by atoms with Crippen LogP contribution < -0.4 is 4.90 Å². The van der Waals surface area contributed by atoms with Crippen LogP contribution in [0, 0.1) is 24.7 Å². The van der Waals surface area contributed by atoms with Crippen LogP contribution >= 0.6 is 23.4 Å². The second kappa shape index (κ2) is 12.5. The Bertz CT molecular complexity index is 1110. The molecule has 4 rings (SSSR count). The van der Waals surface area contributed by atoms with Gasteiger partial charge in [0.15, 0.2) is 0 Å². The quantitative estimate of drug-likeness (QED) is 0.207. The predicted molar refractivity (Wildman–Crippen MR) is 156 cm³/mol. The number of benzene rings is 1. The first-order valence-electron chi connectivity index (χ1n) is 13.8. The summed E-state index contributed by atoms with van der Waals surface area (Å²) in [5.74, 6) is -1.92. The molecule has 3 aliphatic heterocycles. The van der Waals surface area contributed by atoms with E-state index in [9.17, 15) is 19.5 Å². The van der Waals surface area contributed by atoms with Crippen LogP contribution in [0.5, 0.6) is 0 Å². The minimum absolute atomic E-state index is 0.00348. The number of carbonyl (C=O) groups is 3. The van der Waals surface area contributed by atoms with Gasteiger partial charge in [-0.1, -0.05) is 42.8 Å². The number of amides is 2. The molecular formula is C30H39ClN2O5S. The summed E-state index contributed by atoms with van der Waals surface area (Å²) < 4.78 is 4.90. The summed E-state index contributed by atoms with van der Waals surface area (Å²) in [6.07, 6.45) is 6.69. The number of aryl methyl sites for hydroxylation is 1. The summed E-state index contributed by atoms with van der Waals surface area (Å²) in [5.41, 5.74) is 1.45. The first-order chi connectivity index (χ1) is 18.7. The van der Waals surface area contributed by atoms with Gasteiger partial charge in [-0.15, -0.1) is 24.9 Å². The van der Waals surface area contributed by atoms with Gasteiger partial charge >= 0.3 is 5.97 Å². The molecule has 3 aliphatic rings. The number of carbonyl (C=O) groups excluding carboxylic acids is 3. The van der Waals surface area contributed by atoms with Crippen LogP contribution in [0.3, 0.4) is 0 Å². The third kappa shape index (κ3) is 5.16. The number of para-hydroxylation sites is 1. The molecule has 3 fully saturated rings. The molecule has 9 heteroatoms. The lowest BCUT2D eigenvalue weighted by atomic mass is 9.66. The van der Waals surface area contributed by atoms with Crippen LogP contribution in [0.4, 0.5) is 5.69 Å². The second-order valence-electron chi connectivity index (χ2n) is 10.8. The van der Waals surface area contributed by atoms with Crippen molar-refractivity contribution in [1.82, 2.24) is 4.90 Å². The maximum atomic E-state index is 14.7. The zero-order valence-corrected chi connectivity index (χ0v) is 24.4. The SMILES string of the molecule is C=CCCCOC(=O)[C@@H]1[C@@H]2CC(C)C3(S2)C(C(=O)N(CC=C)c2c(C)cccc2Cl)N(CCCCO)C(=O)[C@H]13. The summed E-state index contributed by atoms with van der Waals surface area (Å²) in [5, 5.41) is 9.79. The van der Waals surface area contributed by atoms with Crippen molar-refractivity contribution in [3.63, 3.8) is 0 Å². The largest absolute Gasteiger partial charge is 0.465 e. The maximum absolute atomic E-state index is 14.7. The van der Waals surface area contributed by atoms with Gasteiger partial charge in [-0.2, -0.15) is 0 Å². The number of allylic oxidation sites excluding steroid dienone is 1. The molecule has 1 spiro atoms. The van der Waals surface area contributed by atoms with E-state index in [-0.39, 0.29) is 48.7 Å². The number of hydrogen-bond donors (Lipinski definition) is 1. The van der Waals surface area contributed by atoms with Gasteiger partial charge in [-0.3, -0.25) is 14.4 Å². The number of aliphatic hydroxyl groups is 1. The molecule has 39 heavy (non-hydrogen) atoms. The van der Waals surface area contributed by atoms with Crippen LogP contribution in [0.25, 0.3) is 0 Å². The standard InChI is InChI=1S/C30H39ClN2O5S/c1-5-7-10-17-38-29(37)23-22-18-20(4)30(39-22)24(23)27(35)33(15-8-9-16-34)26(30)28(36)32(14-6-2)25-19(3)12-11-13-21(25)31/h5-6,11-13,20,22-24,26,34H,1-2,7-10,14-18H2,3-4H3/t20?,22-,23+,24-,26?,30?/m0/s1. The number of halogens is 1. The van der Waals surface area contributed by atoms with E-state index < -0.39 is 22.6 Å². The predicted octanol–water partition coefficient (Wildman–Crippen LogP) is 4.79. The molecule has 3 unspecified atom stereocenters. The van der Waals surface area contributed by atoms with Gasteiger partial charge in [0.25, 0.3) is 5.91 Å². The Labute approximate surface area is 240 Å². The summed E-state index contributed by atoms with van der Waals surface area (Å²) in [7, 11) is 0. The van der Waals surface area contributed by atoms with E-state index in [0.717, 1.165) is 18.4 Å². The maximum Gasteiger partial charge on any atom is 0.310 e. The van der Waals surface area contributed by atoms with Crippen molar-refractivity contribution in [2.24, 2.45) is 17.8 Å². The van der Waals surface area contributed by atoms with E-state index in [2.05, 4.69) is 20.1 Å². The molecule has 2 amide bonds. The van der Waals surface area contributed by atoms with Gasteiger partial charge < -0.3 is 19.6 Å². The number of anilines is 1. The molecular weight excluding hydrogens is 536 g/mol. The van der Waals surface area contributed by atoms with Gasteiger partial charge in [0.1, 0.15) is 6.04 Å². The van der Waals surface area contributed by atoms with E-state index in [4.69, 9.17) is 16.3 Å². The number of rotatable bonds is 13. The van der Waals surface area contributed by atoms with Crippen molar-refractivity contribution in [3.8, 4) is 0 Å². The van der Waals surface area contributed by atoms with E-state index in [0.29, 0.717) is 36.5 Å². The highest BCUT2D eigenvalue weighted by molar-refractivity contribution is 8.02. The lowest BCUT2D eigenvalue weighted by molar-refractivity contribution is -0.154. The van der Waals surface area contributed by atoms with Gasteiger partial charge in [-0.25, -0.2) is 0 Å². The fourth-order valence-corrected chi connectivity index (χ4v) is 9.46. The van der Waals surface area contributed by atoms with Crippen LogP contribution in [0.15, 0.2) is 43.5 Å². The molecule has 212 valence electrons. The molecule has 0 aliphatic carbocycles. The normalized spacial score (nSPS) is 28.9. The number of thioether (sulfide) groups is 1. The topological polar surface area (TPSA) is 87.2 Å². The number of ether oxygens (including phenoxy) is 1. The highest BCUT2D eigenvalue weighted by atomic mass is 35.5. The molecule has 1 aromatic rings. The average Bonchev–Trinajstić information content (AvgIpc) is 3.49. The Morgan fingerprint density at radius 3 is 2.72 bits per heavy atom. The number of fused-ring (bicyclic) bond motifs is 1.